The molecule has 27 heavy (non-hydrogen) atoms. The smallest absolute Gasteiger partial charge is 0.475 e. The maximum absolute atomic E-state index is 12.2. The van der Waals surface area contributed by atoms with Gasteiger partial charge in [0.1, 0.15) is 22.8 Å². The molecule has 7 N–H and O–H groups in total. The fourth-order valence-corrected chi connectivity index (χ4v) is 2.54. The van der Waals surface area contributed by atoms with E-state index in [1.54, 1.807) is 0 Å². The Balaban J connectivity index is 2.14. The molecule has 10 heteroatoms. The molecule has 0 aliphatic heterocycles. The van der Waals surface area contributed by atoms with Crippen LogP contribution >= 0.6 is 0 Å². The Bertz CT molecular complexity index is 855. The average Bonchev–Trinajstić information content (AvgIpc) is 2.58. The third-order valence-corrected chi connectivity index (χ3v) is 3.91. The Morgan fingerprint density at radius 3 is 2.37 bits per heavy atom. The Morgan fingerprint density at radius 2 is 1.74 bits per heavy atom. The first kappa shape index (κ1) is 20.1. The molecule has 0 saturated heterocycles. The first-order valence-electron chi connectivity index (χ1n) is 7.89. The topological polar surface area (TPSA) is 168 Å². The third-order valence-electron chi connectivity index (χ3n) is 3.91. The number of carboxylic acids is 1. The number of carbonyl (C=O) groups excluding carboxylic acids is 1. The standard InChI is InChI=1S/C17H18BNO8/c20-11-4-5-13(21)10(6-11)8-15(22)19-14(18(26)27)7-9-2-1-3-12(16(9)23)17(24)25/h1-6,14,20-21,23,26-27H,7-8H2,(H,19,22)(H,24,25)/t14-/m0/s1. The van der Waals surface area contributed by atoms with Gasteiger partial charge in [-0.25, -0.2) is 4.79 Å². The number of benzene rings is 2. The van der Waals surface area contributed by atoms with E-state index in [0.29, 0.717) is 0 Å². The van der Waals surface area contributed by atoms with Gasteiger partial charge in [0.15, 0.2) is 0 Å². The van der Waals surface area contributed by atoms with Crippen molar-refractivity contribution >= 4 is 19.0 Å². The molecule has 2 rings (SSSR count). The summed E-state index contributed by atoms with van der Waals surface area (Å²) >= 11 is 0. The van der Waals surface area contributed by atoms with Gasteiger partial charge in [0.2, 0.25) is 5.91 Å². The number of rotatable bonds is 7. The summed E-state index contributed by atoms with van der Waals surface area (Å²) in [5, 5.41) is 59.5. The van der Waals surface area contributed by atoms with Crippen LogP contribution in [0.25, 0.3) is 0 Å². The predicted octanol–water partition coefficient (Wildman–Crippen LogP) is -0.216. The summed E-state index contributed by atoms with van der Waals surface area (Å²) in [5.41, 5.74) is -0.113. The van der Waals surface area contributed by atoms with E-state index in [2.05, 4.69) is 5.32 Å². The molecule has 0 bridgehead atoms. The summed E-state index contributed by atoms with van der Waals surface area (Å²) in [7, 11) is -1.99. The highest BCUT2D eigenvalue weighted by Crippen LogP contribution is 2.25. The Hall–Kier alpha value is -3.24. The van der Waals surface area contributed by atoms with Crippen LogP contribution in [0.5, 0.6) is 17.2 Å². The van der Waals surface area contributed by atoms with Crippen molar-refractivity contribution in [1.29, 1.82) is 0 Å². The molecule has 2 aromatic carbocycles. The molecule has 0 spiro atoms. The molecule has 9 nitrogen and oxygen atoms in total. The number of hydrogen-bond acceptors (Lipinski definition) is 7. The number of carboxylic acid groups (broad SMARTS) is 1. The van der Waals surface area contributed by atoms with Crippen molar-refractivity contribution in [2.24, 2.45) is 0 Å². The van der Waals surface area contributed by atoms with Crippen LogP contribution in [-0.2, 0) is 17.6 Å². The zero-order chi connectivity index (χ0) is 20.1. The van der Waals surface area contributed by atoms with Gasteiger partial charge in [-0.1, -0.05) is 12.1 Å². The lowest BCUT2D eigenvalue weighted by Gasteiger charge is -2.19. The van der Waals surface area contributed by atoms with Gasteiger partial charge in [0.25, 0.3) is 0 Å². The highest BCUT2D eigenvalue weighted by Gasteiger charge is 2.27. The van der Waals surface area contributed by atoms with Gasteiger partial charge in [-0.2, -0.15) is 0 Å². The molecule has 0 unspecified atom stereocenters. The number of aromatic hydroxyl groups is 3. The Morgan fingerprint density at radius 1 is 1.04 bits per heavy atom. The predicted molar refractivity (Wildman–Crippen MR) is 94.4 cm³/mol. The largest absolute Gasteiger partial charge is 0.508 e. The second kappa shape index (κ2) is 8.43. The van der Waals surface area contributed by atoms with Gasteiger partial charge >= 0.3 is 13.1 Å². The number of aromatic carboxylic acids is 1. The molecule has 0 radical (unpaired) electrons. The summed E-state index contributed by atoms with van der Waals surface area (Å²) < 4.78 is 0. The quantitative estimate of drug-likeness (QED) is 0.258. The molecule has 0 heterocycles. The van der Waals surface area contributed by atoms with Crippen LogP contribution in [0.15, 0.2) is 36.4 Å². The zero-order valence-corrected chi connectivity index (χ0v) is 14.0. The van der Waals surface area contributed by atoms with E-state index in [9.17, 15) is 35.0 Å². The summed E-state index contributed by atoms with van der Waals surface area (Å²) in [6.45, 7) is 0. The van der Waals surface area contributed by atoms with Crippen LogP contribution in [0.1, 0.15) is 21.5 Å². The number of hydrogen-bond donors (Lipinski definition) is 7. The van der Waals surface area contributed by atoms with Crippen molar-refractivity contribution in [3.8, 4) is 17.2 Å². The number of para-hydroxylation sites is 1. The monoisotopic (exact) mass is 375 g/mol. The van der Waals surface area contributed by atoms with E-state index >= 15 is 0 Å². The molecule has 0 saturated carbocycles. The van der Waals surface area contributed by atoms with Crippen LogP contribution in [0.4, 0.5) is 0 Å². The van der Waals surface area contributed by atoms with Crippen molar-refractivity contribution < 1.29 is 40.1 Å². The number of carbonyl (C=O) groups is 2. The van der Waals surface area contributed by atoms with Gasteiger partial charge in [0, 0.05) is 5.56 Å². The van der Waals surface area contributed by atoms with Gasteiger partial charge in [-0.05, 0) is 36.2 Å². The number of amides is 1. The first-order valence-corrected chi connectivity index (χ1v) is 7.89. The molecule has 0 aliphatic rings. The maximum Gasteiger partial charge on any atom is 0.475 e. The Labute approximate surface area is 154 Å². The molecular weight excluding hydrogens is 357 g/mol. The van der Waals surface area contributed by atoms with Crippen LogP contribution in [0.2, 0.25) is 0 Å². The second-order valence-electron chi connectivity index (χ2n) is 5.90. The minimum atomic E-state index is -1.99. The van der Waals surface area contributed by atoms with Gasteiger partial charge in [0.05, 0.1) is 12.4 Å². The highest BCUT2D eigenvalue weighted by molar-refractivity contribution is 6.43. The zero-order valence-electron chi connectivity index (χ0n) is 14.0. The minimum absolute atomic E-state index is 0.105. The van der Waals surface area contributed by atoms with E-state index < -0.39 is 30.7 Å². The van der Waals surface area contributed by atoms with E-state index in [1.807, 2.05) is 0 Å². The summed E-state index contributed by atoms with van der Waals surface area (Å²) in [4.78, 5) is 23.2. The maximum atomic E-state index is 12.2. The molecular formula is C17H18BNO8. The van der Waals surface area contributed by atoms with Crippen molar-refractivity contribution in [2.45, 2.75) is 18.8 Å². The molecule has 142 valence electrons. The summed E-state index contributed by atoms with van der Waals surface area (Å²) in [6, 6.07) is 7.62. The van der Waals surface area contributed by atoms with Crippen molar-refractivity contribution in [2.75, 3.05) is 0 Å². The van der Waals surface area contributed by atoms with Gasteiger partial charge in [-0.3, -0.25) is 4.79 Å². The first-order chi connectivity index (χ1) is 12.7. The fraction of sp³-hybridized carbons (Fsp3) is 0.176. The van der Waals surface area contributed by atoms with E-state index in [-0.39, 0.29) is 41.0 Å². The molecule has 0 aromatic heterocycles. The molecule has 0 aliphatic carbocycles. The van der Waals surface area contributed by atoms with Gasteiger partial charge < -0.3 is 35.8 Å². The lowest BCUT2D eigenvalue weighted by atomic mass is 9.75. The summed E-state index contributed by atoms with van der Waals surface area (Å²) in [6.07, 6.45) is -0.590. The fourth-order valence-electron chi connectivity index (χ4n) is 2.54. The number of phenols is 3. The van der Waals surface area contributed by atoms with Crippen molar-refractivity contribution in [1.82, 2.24) is 5.32 Å². The second-order valence-corrected chi connectivity index (χ2v) is 5.90. The van der Waals surface area contributed by atoms with E-state index in [1.165, 1.54) is 36.4 Å². The summed E-state index contributed by atoms with van der Waals surface area (Å²) in [5.74, 6) is -4.16. The van der Waals surface area contributed by atoms with E-state index in [4.69, 9.17) is 5.11 Å². The number of phenolic OH excluding ortho intramolecular Hbond substituents is 2. The molecule has 0 fully saturated rings. The number of nitrogens with one attached hydrogen (secondary N) is 1. The van der Waals surface area contributed by atoms with Crippen LogP contribution in [0.3, 0.4) is 0 Å². The Kier molecular flexibility index (Phi) is 6.27. The van der Waals surface area contributed by atoms with Crippen LogP contribution in [0, 0.1) is 0 Å². The normalized spacial score (nSPS) is 11.6. The molecule has 2 aromatic rings. The average molecular weight is 375 g/mol. The van der Waals surface area contributed by atoms with Crippen molar-refractivity contribution in [3.05, 3.63) is 53.1 Å². The molecule has 1 amide bonds. The third kappa shape index (κ3) is 5.12. The minimum Gasteiger partial charge on any atom is -0.508 e. The van der Waals surface area contributed by atoms with E-state index in [0.717, 1.165) is 0 Å². The van der Waals surface area contributed by atoms with Gasteiger partial charge in [-0.15, -0.1) is 0 Å². The highest BCUT2D eigenvalue weighted by atomic mass is 16.4. The lowest BCUT2D eigenvalue weighted by Crippen LogP contribution is -2.48. The molecule has 1 atom stereocenters. The van der Waals surface area contributed by atoms with Crippen LogP contribution < -0.4 is 5.32 Å². The SMILES string of the molecule is O=C(Cc1cc(O)ccc1O)N[C@@H](Cc1cccc(C(=O)O)c1O)B(O)O. The lowest BCUT2D eigenvalue weighted by molar-refractivity contribution is -0.120. The van der Waals surface area contributed by atoms with Crippen LogP contribution in [-0.4, -0.2) is 55.4 Å². The van der Waals surface area contributed by atoms with Crippen molar-refractivity contribution in [3.63, 3.8) is 0 Å².